The van der Waals surface area contributed by atoms with Gasteiger partial charge in [0.1, 0.15) is 7.85 Å². The molecule has 1 aliphatic heterocycles. The van der Waals surface area contributed by atoms with Gasteiger partial charge in [-0.1, -0.05) is 5.98 Å². The summed E-state index contributed by atoms with van der Waals surface area (Å²) in [5.41, 5.74) is 0. The van der Waals surface area contributed by atoms with E-state index in [1.807, 2.05) is 0 Å². The van der Waals surface area contributed by atoms with Crippen LogP contribution in [0.15, 0.2) is 11.9 Å². The summed E-state index contributed by atoms with van der Waals surface area (Å²) in [6.07, 6.45) is 0. The normalized spacial score (nSPS) is 21.3. The molecule has 0 unspecified atom stereocenters. The lowest BCUT2D eigenvalue weighted by Crippen LogP contribution is -2.34. The Hall–Kier alpha value is -0.505. The highest BCUT2D eigenvalue weighted by Crippen LogP contribution is 2.06. The van der Waals surface area contributed by atoms with Crippen molar-refractivity contribution in [2.45, 2.75) is 0 Å². The molecule has 2 radical (unpaired) electrons. The van der Waals surface area contributed by atoms with Gasteiger partial charge in [0.15, 0.2) is 5.95 Å². The van der Waals surface area contributed by atoms with Gasteiger partial charge in [-0.15, -0.1) is 0 Å². The van der Waals surface area contributed by atoms with Crippen molar-refractivity contribution in [3.05, 3.63) is 11.9 Å². The van der Waals surface area contributed by atoms with Crippen LogP contribution in [-0.2, 0) is 4.74 Å². The molecule has 1 saturated heterocycles. The Morgan fingerprint density at radius 3 is 2.60 bits per heavy atom. The third-order valence-corrected chi connectivity index (χ3v) is 1.45. The van der Waals surface area contributed by atoms with E-state index < -0.39 is 0 Å². The van der Waals surface area contributed by atoms with Crippen molar-refractivity contribution in [2.75, 3.05) is 26.3 Å². The molecule has 0 saturated carbocycles. The Morgan fingerprint density at radius 2 is 2.10 bits per heavy atom. The summed E-state index contributed by atoms with van der Waals surface area (Å²) < 4.78 is 17.6. The molecule has 54 valence electrons. The summed E-state index contributed by atoms with van der Waals surface area (Å²) in [7, 11) is 4.98. The van der Waals surface area contributed by atoms with Crippen molar-refractivity contribution in [3.63, 3.8) is 0 Å². The first kappa shape index (κ1) is 7.60. The van der Waals surface area contributed by atoms with Gasteiger partial charge in [0, 0.05) is 13.1 Å². The zero-order valence-electron chi connectivity index (χ0n) is 5.72. The zero-order chi connectivity index (χ0) is 7.40. The summed E-state index contributed by atoms with van der Waals surface area (Å²) in [5, 5.41) is 0. The number of rotatable bonds is 1. The van der Waals surface area contributed by atoms with Crippen LogP contribution in [0, 0.1) is 0 Å². The van der Waals surface area contributed by atoms with Crippen molar-refractivity contribution in [3.8, 4) is 0 Å². The van der Waals surface area contributed by atoms with Crippen molar-refractivity contribution >= 4 is 7.85 Å². The van der Waals surface area contributed by atoms with Crippen LogP contribution in [0.25, 0.3) is 0 Å². The van der Waals surface area contributed by atoms with Gasteiger partial charge in [0.25, 0.3) is 0 Å². The quantitative estimate of drug-likeness (QED) is 0.383. The molecule has 1 rings (SSSR count). The largest absolute Gasteiger partial charge is 0.378 e. The summed E-state index contributed by atoms with van der Waals surface area (Å²) in [6.45, 7) is 2.36. The fourth-order valence-corrected chi connectivity index (χ4v) is 0.882. The molecule has 0 aromatic heterocycles. The molecule has 0 aromatic carbocycles. The van der Waals surface area contributed by atoms with E-state index in [0.29, 0.717) is 26.3 Å². The second-order valence-corrected chi connectivity index (χ2v) is 2.09. The number of hydrogen-bond acceptors (Lipinski definition) is 2. The van der Waals surface area contributed by atoms with Crippen LogP contribution in [0.3, 0.4) is 0 Å². The van der Waals surface area contributed by atoms with E-state index in [9.17, 15) is 4.39 Å². The molecule has 0 aromatic rings. The summed E-state index contributed by atoms with van der Waals surface area (Å²) in [4.78, 5) is 1.56. The number of nitrogens with zero attached hydrogens (tertiary/aromatic N) is 1. The third kappa shape index (κ3) is 1.74. The fraction of sp³-hybridized carbons (Fsp3) is 0.667. The zero-order valence-corrected chi connectivity index (χ0v) is 5.72. The smallest absolute Gasteiger partial charge is 0.175 e. The van der Waals surface area contributed by atoms with Crippen molar-refractivity contribution < 1.29 is 9.13 Å². The second-order valence-electron chi connectivity index (χ2n) is 2.09. The highest BCUT2D eigenvalue weighted by Gasteiger charge is 2.11. The maximum Gasteiger partial charge on any atom is 0.175 e. The Kier molecular flexibility index (Phi) is 2.74. The van der Waals surface area contributed by atoms with E-state index >= 15 is 0 Å². The van der Waals surface area contributed by atoms with Gasteiger partial charge >= 0.3 is 0 Å². The van der Waals surface area contributed by atoms with Crippen LogP contribution < -0.4 is 0 Å². The van der Waals surface area contributed by atoms with Crippen molar-refractivity contribution in [1.82, 2.24) is 4.90 Å². The predicted molar refractivity (Wildman–Crippen MR) is 37.3 cm³/mol. The molecule has 0 atom stereocenters. The first-order chi connectivity index (χ1) is 4.84. The average Bonchev–Trinajstić information content (AvgIpc) is 2.05. The van der Waals surface area contributed by atoms with E-state index in [1.165, 1.54) is 0 Å². The van der Waals surface area contributed by atoms with E-state index in [2.05, 4.69) is 0 Å². The third-order valence-electron chi connectivity index (χ3n) is 1.45. The molecule has 1 aliphatic rings. The Labute approximate surface area is 61.1 Å². The summed E-state index contributed by atoms with van der Waals surface area (Å²) >= 11 is 0. The van der Waals surface area contributed by atoms with Crippen LogP contribution in [0.2, 0.25) is 0 Å². The van der Waals surface area contributed by atoms with Crippen molar-refractivity contribution in [1.29, 1.82) is 0 Å². The van der Waals surface area contributed by atoms with E-state index in [-0.39, 0.29) is 5.95 Å². The molecule has 0 spiro atoms. The minimum absolute atomic E-state index is 0.358. The summed E-state index contributed by atoms with van der Waals surface area (Å²) in [6, 6.07) is 0. The Balaban J connectivity index is 2.39. The van der Waals surface area contributed by atoms with Gasteiger partial charge in [0.05, 0.1) is 13.2 Å². The highest BCUT2D eigenvalue weighted by atomic mass is 19.1. The van der Waals surface area contributed by atoms with Crippen molar-refractivity contribution in [2.24, 2.45) is 0 Å². The van der Waals surface area contributed by atoms with Gasteiger partial charge in [0.2, 0.25) is 0 Å². The van der Waals surface area contributed by atoms with Crippen LogP contribution >= 0.6 is 0 Å². The molecule has 0 amide bonds. The SMILES string of the molecule is [B]/C=C(\F)N1CCOCC1. The molecular formula is C6H9BFNO. The number of ether oxygens (including phenoxy) is 1. The molecule has 1 fully saturated rings. The highest BCUT2D eigenvalue weighted by molar-refractivity contribution is 6.17. The van der Waals surface area contributed by atoms with Crippen LogP contribution in [0.4, 0.5) is 4.39 Å². The maximum atomic E-state index is 12.6. The lowest BCUT2D eigenvalue weighted by atomic mass is 10.1. The van der Waals surface area contributed by atoms with Gasteiger partial charge in [-0.05, 0) is 0 Å². The van der Waals surface area contributed by atoms with Crippen LogP contribution in [-0.4, -0.2) is 39.0 Å². The van der Waals surface area contributed by atoms with Gasteiger partial charge < -0.3 is 9.64 Å². The second kappa shape index (κ2) is 3.61. The molecule has 0 bridgehead atoms. The first-order valence-electron chi connectivity index (χ1n) is 3.24. The minimum Gasteiger partial charge on any atom is -0.378 e. The lowest BCUT2D eigenvalue weighted by Gasteiger charge is -2.26. The molecule has 2 nitrogen and oxygen atoms in total. The monoisotopic (exact) mass is 141 g/mol. The van der Waals surface area contributed by atoms with E-state index in [4.69, 9.17) is 12.6 Å². The maximum absolute atomic E-state index is 12.6. The first-order valence-corrected chi connectivity index (χ1v) is 3.24. The van der Waals surface area contributed by atoms with E-state index in [1.54, 1.807) is 4.90 Å². The standard InChI is InChI=1S/C6H9BFNO/c7-5-6(8)9-1-3-10-4-2-9/h5H,1-4H2/b6-5+. The Bertz CT molecular complexity index is 134. The van der Waals surface area contributed by atoms with Gasteiger partial charge in [-0.3, -0.25) is 0 Å². The molecule has 10 heavy (non-hydrogen) atoms. The van der Waals surface area contributed by atoms with Crippen LogP contribution in [0.1, 0.15) is 0 Å². The number of halogens is 1. The fourth-order valence-electron chi connectivity index (χ4n) is 0.882. The molecule has 4 heteroatoms. The molecular weight excluding hydrogens is 132 g/mol. The van der Waals surface area contributed by atoms with Gasteiger partial charge in [-0.25, -0.2) is 0 Å². The number of morpholine rings is 1. The lowest BCUT2D eigenvalue weighted by molar-refractivity contribution is 0.0426. The van der Waals surface area contributed by atoms with E-state index in [0.717, 1.165) is 5.98 Å². The predicted octanol–water partition coefficient (Wildman–Crippen LogP) is 0.255. The van der Waals surface area contributed by atoms with Crippen LogP contribution in [0.5, 0.6) is 0 Å². The topological polar surface area (TPSA) is 12.5 Å². The van der Waals surface area contributed by atoms with Gasteiger partial charge in [-0.2, -0.15) is 4.39 Å². The molecule has 0 N–H and O–H groups in total. The number of hydrogen-bond donors (Lipinski definition) is 0. The molecule has 0 aliphatic carbocycles. The average molecular weight is 141 g/mol. The summed E-state index contributed by atoms with van der Waals surface area (Å²) in [5.74, 6) is 0.619. The molecule has 1 heterocycles. The minimum atomic E-state index is -0.358. The Morgan fingerprint density at radius 1 is 1.50 bits per heavy atom.